The third kappa shape index (κ3) is 4.40. The predicted octanol–water partition coefficient (Wildman–Crippen LogP) is 4.01. The van der Waals surface area contributed by atoms with Crippen LogP contribution >= 0.6 is 0 Å². The highest BCUT2D eigenvalue weighted by atomic mass is 32.2. The molecule has 1 fully saturated rings. The van der Waals surface area contributed by atoms with Crippen LogP contribution in [0.2, 0.25) is 0 Å². The van der Waals surface area contributed by atoms with Crippen molar-refractivity contribution in [2.24, 2.45) is 0 Å². The van der Waals surface area contributed by atoms with Gasteiger partial charge in [0.15, 0.2) is 9.84 Å². The number of fused-ring (bicyclic) bond motifs is 1. The number of aromatic nitrogens is 2. The van der Waals surface area contributed by atoms with Crippen molar-refractivity contribution in [3.05, 3.63) is 83.7 Å². The first-order valence-electron chi connectivity index (χ1n) is 11.0. The number of benzene rings is 3. The van der Waals surface area contributed by atoms with Crippen molar-refractivity contribution in [1.82, 2.24) is 15.1 Å². The number of nitrogens with zero attached hydrogens (tertiary/aromatic N) is 3. The number of amides is 1. The van der Waals surface area contributed by atoms with Crippen LogP contribution in [0.1, 0.15) is 29.3 Å². The Morgan fingerprint density at radius 3 is 2.60 bits per heavy atom. The van der Waals surface area contributed by atoms with Gasteiger partial charge in [-0.3, -0.25) is 4.79 Å². The SMILES string of the molecule is CC1(NC(=O)c2ccc3c(-c4cccc(C#N)c4)nn(-c4ccc(F)cc4)c3c2)CCS(=O)(=O)C1. The largest absolute Gasteiger partial charge is 0.346 e. The number of carbonyl (C=O) groups excluding carboxylic acids is 1. The molecule has 3 aromatic carbocycles. The highest BCUT2D eigenvalue weighted by Crippen LogP contribution is 2.32. The molecule has 1 aliphatic heterocycles. The van der Waals surface area contributed by atoms with Gasteiger partial charge >= 0.3 is 0 Å². The fourth-order valence-corrected chi connectivity index (χ4v) is 6.53. The van der Waals surface area contributed by atoms with Crippen molar-refractivity contribution in [2.75, 3.05) is 11.5 Å². The molecule has 7 nitrogen and oxygen atoms in total. The summed E-state index contributed by atoms with van der Waals surface area (Å²) in [5.41, 5.74) is 2.58. The smallest absolute Gasteiger partial charge is 0.251 e. The minimum atomic E-state index is -3.18. The van der Waals surface area contributed by atoms with Gasteiger partial charge in [0.05, 0.1) is 39.9 Å². The van der Waals surface area contributed by atoms with E-state index in [0.29, 0.717) is 34.4 Å². The third-order valence-electron chi connectivity index (χ3n) is 6.20. The number of hydrogen-bond acceptors (Lipinski definition) is 5. The van der Waals surface area contributed by atoms with Gasteiger partial charge in [-0.05, 0) is 67.9 Å². The maximum absolute atomic E-state index is 13.6. The molecule has 1 saturated heterocycles. The second-order valence-corrected chi connectivity index (χ2v) is 11.2. The Morgan fingerprint density at radius 2 is 1.91 bits per heavy atom. The minimum absolute atomic E-state index is 0.0469. The molecule has 9 heteroatoms. The molecule has 0 aliphatic carbocycles. The summed E-state index contributed by atoms with van der Waals surface area (Å²) in [4.78, 5) is 13.1. The van der Waals surface area contributed by atoms with E-state index in [-0.39, 0.29) is 23.2 Å². The summed E-state index contributed by atoms with van der Waals surface area (Å²) < 4.78 is 39.1. The highest BCUT2D eigenvalue weighted by Gasteiger charge is 2.39. The normalized spacial score (nSPS) is 18.9. The fourth-order valence-electron chi connectivity index (χ4n) is 4.44. The molecule has 35 heavy (non-hydrogen) atoms. The second-order valence-electron chi connectivity index (χ2n) is 9.02. The predicted molar refractivity (Wildman–Crippen MR) is 130 cm³/mol. The van der Waals surface area contributed by atoms with Gasteiger partial charge in [0, 0.05) is 16.5 Å². The highest BCUT2D eigenvalue weighted by molar-refractivity contribution is 7.91. The van der Waals surface area contributed by atoms with Crippen molar-refractivity contribution in [3.8, 4) is 23.0 Å². The molecule has 1 atom stereocenters. The topological polar surface area (TPSA) is 105 Å². The third-order valence-corrected chi connectivity index (χ3v) is 8.10. The molecule has 176 valence electrons. The average Bonchev–Trinajstić information content (AvgIpc) is 3.35. The van der Waals surface area contributed by atoms with Crippen LogP contribution in [0, 0.1) is 17.1 Å². The van der Waals surface area contributed by atoms with Crippen molar-refractivity contribution < 1.29 is 17.6 Å². The van der Waals surface area contributed by atoms with Crippen molar-refractivity contribution >= 4 is 26.6 Å². The van der Waals surface area contributed by atoms with E-state index < -0.39 is 15.4 Å². The van der Waals surface area contributed by atoms with Crippen LogP contribution in [0.4, 0.5) is 4.39 Å². The zero-order valence-corrected chi connectivity index (χ0v) is 19.6. The summed E-state index contributed by atoms with van der Waals surface area (Å²) in [5, 5.41) is 17.7. The lowest BCUT2D eigenvalue weighted by Gasteiger charge is -2.23. The number of rotatable bonds is 4. The molecule has 1 aliphatic rings. The zero-order valence-electron chi connectivity index (χ0n) is 18.8. The van der Waals surface area contributed by atoms with Gasteiger partial charge in [-0.2, -0.15) is 10.4 Å². The maximum Gasteiger partial charge on any atom is 0.251 e. The van der Waals surface area contributed by atoms with Crippen LogP contribution in [-0.2, 0) is 9.84 Å². The van der Waals surface area contributed by atoms with Crippen molar-refractivity contribution in [3.63, 3.8) is 0 Å². The quantitative estimate of drug-likeness (QED) is 0.467. The Morgan fingerprint density at radius 1 is 1.14 bits per heavy atom. The number of nitriles is 1. The van der Waals surface area contributed by atoms with Crippen LogP contribution in [-0.4, -0.2) is 41.2 Å². The number of halogens is 1. The molecule has 0 radical (unpaired) electrons. The lowest BCUT2D eigenvalue weighted by Crippen LogP contribution is -2.46. The van der Waals surface area contributed by atoms with E-state index in [1.54, 1.807) is 60.1 Å². The molecule has 1 amide bonds. The van der Waals surface area contributed by atoms with E-state index in [9.17, 15) is 22.9 Å². The average molecular weight is 489 g/mol. The molecule has 2 heterocycles. The summed E-state index contributed by atoms with van der Waals surface area (Å²) in [7, 11) is -3.18. The van der Waals surface area contributed by atoms with Gasteiger partial charge in [0.1, 0.15) is 11.5 Å². The lowest BCUT2D eigenvalue weighted by atomic mass is 10.0. The Balaban J connectivity index is 1.61. The number of nitrogens with one attached hydrogen (secondary N) is 1. The van der Waals surface area contributed by atoms with Crippen molar-refractivity contribution in [2.45, 2.75) is 18.9 Å². The molecule has 1 aromatic heterocycles. The van der Waals surface area contributed by atoms with Crippen LogP contribution in [0.3, 0.4) is 0 Å². The Hall–Kier alpha value is -4.03. The molecule has 4 aromatic rings. The first-order valence-corrected chi connectivity index (χ1v) is 12.8. The molecule has 1 unspecified atom stereocenters. The minimum Gasteiger partial charge on any atom is -0.346 e. The molecular weight excluding hydrogens is 467 g/mol. The van der Waals surface area contributed by atoms with Crippen LogP contribution in [0.25, 0.3) is 27.8 Å². The molecule has 0 saturated carbocycles. The van der Waals surface area contributed by atoms with Gasteiger partial charge in [0.2, 0.25) is 0 Å². The van der Waals surface area contributed by atoms with Crippen LogP contribution in [0.15, 0.2) is 66.7 Å². The van der Waals surface area contributed by atoms with Crippen molar-refractivity contribution in [1.29, 1.82) is 5.26 Å². The van der Waals surface area contributed by atoms with Gasteiger partial charge in [0.25, 0.3) is 5.91 Å². The monoisotopic (exact) mass is 488 g/mol. The molecule has 0 spiro atoms. The zero-order chi connectivity index (χ0) is 24.8. The first kappa shape index (κ1) is 22.7. The van der Waals surface area contributed by atoms with Gasteiger partial charge < -0.3 is 5.32 Å². The maximum atomic E-state index is 13.6. The fraction of sp³-hybridized carbons (Fsp3) is 0.192. The van der Waals surface area contributed by atoms with E-state index >= 15 is 0 Å². The molecule has 0 bridgehead atoms. The van der Waals surface area contributed by atoms with Gasteiger partial charge in [-0.1, -0.05) is 12.1 Å². The Labute approximate surface area is 201 Å². The number of carbonyl (C=O) groups is 1. The van der Waals surface area contributed by atoms with E-state index in [1.807, 2.05) is 6.07 Å². The van der Waals surface area contributed by atoms with E-state index in [2.05, 4.69) is 11.4 Å². The second kappa shape index (κ2) is 8.32. The first-order chi connectivity index (χ1) is 16.7. The summed E-state index contributed by atoms with van der Waals surface area (Å²) in [6, 6.07) is 20.2. The lowest BCUT2D eigenvalue weighted by molar-refractivity contribution is 0.0915. The standard InChI is InChI=1S/C26H21FN4O3S/c1-26(11-12-35(33,34)16-26)29-25(32)19-5-10-22-23(14-19)31(21-8-6-20(27)7-9-21)30-24(22)18-4-2-3-17(13-18)15-28/h2-10,13-14H,11-12,16H2,1H3,(H,29,32). The Kier molecular flexibility index (Phi) is 5.41. The summed E-state index contributed by atoms with van der Waals surface area (Å²) in [6.07, 6.45) is 0.357. The van der Waals surface area contributed by atoms with Crippen LogP contribution in [0.5, 0.6) is 0 Å². The Bertz CT molecular complexity index is 1620. The number of sulfone groups is 1. The molecule has 5 rings (SSSR count). The molecular formula is C26H21FN4O3S. The molecule has 1 N–H and O–H groups in total. The van der Waals surface area contributed by atoms with Crippen LogP contribution < -0.4 is 5.32 Å². The summed E-state index contributed by atoms with van der Waals surface area (Å²) in [6.45, 7) is 1.73. The number of hydrogen-bond donors (Lipinski definition) is 1. The van der Waals surface area contributed by atoms with E-state index in [1.165, 1.54) is 12.1 Å². The van der Waals surface area contributed by atoms with Gasteiger partial charge in [-0.25, -0.2) is 17.5 Å². The van der Waals surface area contributed by atoms with E-state index in [0.717, 1.165) is 10.9 Å². The summed E-state index contributed by atoms with van der Waals surface area (Å²) >= 11 is 0. The van der Waals surface area contributed by atoms with E-state index in [4.69, 9.17) is 5.10 Å². The van der Waals surface area contributed by atoms with Gasteiger partial charge in [-0.15, -0.1) is 0 Å². The summed E-state index contributed by atoms with van der Waals surface area (Å²) in [5.74, 6) is -0.815.